The number of benzene rings is 1. The van der Waals surface area contributed by atoms with E-state index in [9.17, 15) is 22.4 Å². The van der Waals surface area contributed by atoms with E-state index >= 15 is 0 Å². The van der Waals surface area contributed by atoms with Crippen LogP contribution in [0.25, 0.3) is 5.57 Å². The molecule has 2 aromatic rings. The van der Waals surface area contributed by atoms with Crippen molar-refractivity contribution in [1.29, 1.82) is 0 Å². The second-order valence-corrected chi connectivity index (χ2v) is 6.13. The maximum atomic E-state index is 13.9. The van der Waals surface area contributed by atoms with Gasteiger partial charge in [-0.3, -0.25) is 4.79 Å². The van der Waals surface area contributed by atoms with Crippen molar-refractivity contribution in [1.82, 2.24) is 10.2 Å². The minimum absolute atomic E-state index is 0.0112. The maximum Gasteiger partial charge on any atom is 0.314 e. The molecule has 29 heavy (non-hydrogen) atoms. The van der Waals surface area contributed by atoms with Gasteiger partial charge in [-0.05, 0) is 24.6 Å². The third kappa shape index (κ3) is 5.77. The van der Waals surface area contributed by atoms with Gasteiger partial charge in [-0.2, -0.15) is 8.78 Å². The molecule has 0 spiro atoms. The average molecular weight is 430 g/mol. The van der Waals surface area contributed by atoms with Crippen LogP contribution in [0.3, 0.4) is 0 Å². The van der Waals surface area contributed by atoms with Gasteiger partial charge in [-0.15, -0.1) is 10.2 Å². The second-order valence-electron chi connectivity index (χ2n) is 5.72. The van der Waals surface area contributed by atoms with Crippen LogP contribution in [0.2, 0.25) is 5.02 Å². The zero-order valence-corrected chi connectivity index (χ0v) is 16.0. The SMILES string of the molecule is C=C(F)/C(=C\C=C(/CC)c1nnc(C(F)F)o1)CN(C=O)c1ccc(F)c(Cl)c1. The maximum absolute atomic E-state index is 13.9. The molecule has 0 aliphatic heterocycles. The first-order valence-corrected chi connectivity index (χ1v) is 8.68. The number of halogens is 5. The van der Waals surface area contributed by atoms with Crippen molar-refractivity contribution < 1.29 is 26.8 Å². The zero-order chi connectivity index (χ0) is 21.6. The minimum Gasteiger partial charge on any atom is -0.415 e. The molecule has 1 aromatic carbocycles. The van der Waals surface area contributed by atoms with E-state index in [1.54, 1.807) is 6.92 Å². The number of carbonyl (C=O) groups is 1. The predicted molar refractivity (Wildman–Crippen MR) is 101 cm³/mol. The molecule has 0 saturated carbocycles. The molecule has 1 aromatic heterocycles. The van der Waals surface area contributed by atoms with Gasteiger partial charge in [-0.1, -0.05) is 37.3 Å². The Labute approximate surface area is 169 Å². The summed E-state index contributed by atoms with van der Waals surface area (Å²) in [6.45, 7) is 4.71. The van der Waals surface area contributed by atoms with Gasteiger partial charge in [0.15, 0.2) is 0 Å². The van der Waals surface area contributed by atoms with E-state index in [-0.39, 0.29) is 28.7 Å². The lowest BCUT2D eigenvalue weighted by atomic mass is 10.1. The van der Waals surface area contributed by atoms with Crippen LogP contribution >= 0.6 is 11.6 Å². The van der Waals surface area contributed by atoms with E-state index in [4.69, 9.17) is 16.0 Å². The Kier molecular flexibility index (Phi) is 7.72. The molecule has 1 heterocycles. The number of rotatable bonds is 9. The lowest BCUT2D eigenvalue weighted by Gasteiger charge is -2.19. The van der Waals surface area contributed by atoms with Crippen LogP contribution in [0.15, 0.2) is 52.7 Å². The van der Waals surface area contributed by atoms with E-state index in [2.05, 4.69) is 16.8 Å². The van der Waals surface area contributed by atoms with Gasteiger partial charge in [0, 0.05) is 16.8 Å². The van der Waals surface area contributed by atoms with Gasteiger partial charge in [0.05, 0.1) is 11.6 Å². The second kappa shape index (κ2) is 10.0. The van der Waals surface area contributed by atoms with E-state index < -0.39 is 24.0 Å². The third-order valence-corrected chi connectivity index (χ3v) is 4.11. The van der Waals surface area contributed by atoms with Gasteiger partial charge in [0.25, 0.3) is 5.89 Å². The highest BCUT2D eigenvalue weighted by molar-refractivity contribution is 6.31. The highest BCUT2D eigenvalue weighted by Gasteiger charge is 2.18. The number of amides is 1. The summed E-state index contributed by atoms with van der Waals surface area (Å²) in [5, 5.41) is 6.60. The van der Waals surface area contributed by atoms with Gasteiger partial charge < -0.3 is 9.32 Å². The van der Waals surface area contributed by atoms with Crippen LogP contribution in [-0.2, 0) is 4.79 Å². The number of hydrogen-bond donors (Lipinski definition) is 0. The molecule has 0 aliphatic rings. The summed E-state index contributed by atoms with van der Waals surface area (Å²) in [4.78, 5) is 12.5. The molecule has 0 aliphatic carbocycles. The molecular formula is C19H16ClF4N3O2. The van der Waals surface area contributed by atoms with Crippen molar-refractivity contribution in [3.63, 3.8) is 0 Å². The summed E-state index contributed by atoms with van der Waals surface area (Å²) in [5.41, 5.74) is 0.638. The topological polar surface area (TPSA) is 59.2 Å². The number of hydrogen-bond acceptors (Lipinski definition) is 4. The summed E-state index contributed by atoms with van der Waals surface area (Å²) in [5.74, 6) is -2.43. The van der Waals surface area contributed by atoms with Crippen LogP contribution in [0.4, 0.5) is 23.2 Å². The molecule has 2 rings (SSSR count). The standard InChI is InChI=1S/C19H16ClF4N3O2/c1-3-12(18-25-26-19(29-18)17(23)24)4-5-13(11(2)21)9-27(10-28)14-6-7-16(22)15(20)8-14/h4-8,10,17H,2-3,9H2,1H3/b12-4+,13-5-. The summed E-state index contributed by atoms with van der Waals surface area (Å²) in [6.07, 6.45) is 0.573. The fourth-order valence-corrected chi connectivity index (χ4v) is 2.43. The van der Waals surface area contributed by atoms with Crippen LogP contribution in [0.1, 0.15) is 31.6 Å². The number of carbonyl (C=O) groups excluding carboxylic acids is 1. The Balaban J connectivity index is 2.31. The van der Waals surface area contributed by atoms with Crippen molar-refractivity contribution in [2.24, 2.45) is 0 Å². The van der Waals surface area contributed by atoms with Crippen LogP contribution in [-0.4, -0.2) is 23.2 Å². The Morgan fingerprint density at radius 3 is 2.59 bits per heavy atom. The average Bonchev–Trinajstić information content (AvgIpc) is 3.17. The summed E-state index contributed by atoms with van der Waals surface area (Å²) >= 11 is 5.72. The predicted octanol–water partition coefficient (Wildman–Crippen LogP) is 5.67. The number of anilines is 1. The first-order valence-electron chi connectivity index (χ1n) is 8.30. The third-order valence-electron chi connectivity index (χ3n) is 3.82. The van der Waals surface area contributed by atoms with Gasteiger partial charge >= 0.3 is 6.43 Å². The van der Waals surface area contributed by atoms with E-state index in [1.807, 2.05) is 0 Å². The van der Waals surface area contributed by atoms with E-state index in [1.165, 1.54) is 24.3 Å². The van der Waals surface area contributed by atoms with Crippen LogP contribution in [0.5, 0.6) is 0 Å². The lowest BCUT2D eigenvalue weighted by molar-refractivity contribution is -0.107. The molecule has 0 saturated heterocycles. The largest absolute Gasteiger partial charge is 0.415 e. The highest BCUT2D eigenvalue weighted by atomic mass is 35.5. The molecule has 0 N–H and O–H groups in total. The molecule has 0 atom stereocenters. The first kappa shape index (κ1) is 22.4. The lowest BCUT2D eigenvalue weighted by Crippen LogP contribution is -2.24. The first-order chi connectivity index (χ1) is 13.8. The Morgan fingerprint density at radius 2 is 2.07 bits per heavy atom. The fourth-order valence-electron chi connectivity index (χ4n) is 2.26. The Morgan fingerprint density at radius 1 is 1.34 bits per heavy atom. The van der Waals surface area contributed by atoms with Crippen LogP contribution in [0, 0.1) is 5.82 Å². The fraction of sp³-hybridized carbons (Fsp3) is 0.211. The normalized spacial score (nSPS) is 12.4. The molecule has 0 bridgehead atoms. The number of alkyl halides is 2. The van der Waals surface area contributed by atoms with Crippen LogP contribution < -0.4 is 4.90 Å². The van der Waals surface area contributed by atoms with Crippen molar-refractivity contribution in [3.8, 4) is 0 Å². The number of allylic oxidation sites excluding steroid dienone is 3. The number of aromatic nitrogens is 2. The smallest absolute Gasteiger partial charge is 0.314 e. The van der Waals surface area contributed by atoms with Crippen molar-refractivity contribution in [2.45, 2.75) is 19.8 Å². The summed E-state index contributed by atoms with van der Waals surface area (Å²) in [6, 6.07) is 3.61. The molecule has 0 unspecified atom stereocenters. The van der Waals surface area contributed by atoms with Crippen molar-refractivity contribution >= 4 is 29.3 Å². The molecule has 5 nitrogen and oxygen atoms in total. The highest BCUT2D eigenvalue weighted by Crippen LogP contribution is 2.25. The monoisotopic (exact) mass is 429 g/mol. The quantitative estimate of drug-likeness (QED) is 0.293. The minimum atomic E-state index is -2.91. The summed E-state index contributed by atoms with van der Waals surface area (Å²) in [7, 11) is 0. The molecular weight excluding hydrogens is 414 g/mol. The summed E-state index contributed by atoms with van der Waals surface area (Å²) < 4.78 is 57.3. The van der Waals surface area contributed by atoms with Gasteiger partial charge in [-0.25, -0.2) is 8.78 Å². The Bertz CT molecular complexity index is 957. The van der Waals surface area contributed by atoms with Crippen molar-refractivity contribution in [3.05, 3.63) is 71.0 Å². The van der Waals surface area contributed by atoms with Crippen molar-refractivity contribution in [2.75, 3.05) is 11.4 Å². The molecule has 10 heteroatoms. The number of nitrogens with zero attached hydrogens (tertiary/aromatic N) is 3. The van der Waals surface area contributed by atoms with E-state index in [0.29, 0.717) is 18.4 Å². The molecule has 154 valence electrons. The zero-order valence-electron chi connectivity index (χ0n) is 15.2. The molecule has 1 amide bonds. The molecule has 0 radical (unpaired) electrons. The van der Waals surface area contributed by atoms with Gasteiger partial charge in [0.2, 0.25) is 12.3 Å². The van der Waals surface area contributed by atoms with Gasteiger partial charge in [0.1, 0.15) is 11.6 Å². The van der Waals surface area contributed by atoms with E-state index in [0.717, 1.165) is 11.0 Å². The molecule has 0 fully saturated rings. The Hall–Kier alpha value is -2.94.